The minimum Gasteiger partial charge on any atom is -0.365 e. The monoisotopic (exact) mass is 419 g/mol. The normalized spacial score (nSPS) is 13.2. The summed E-state index contributed by atoms with van der Waals surface area (Å²) in [6.07, 6.45) is 3.83. The summed E-state index contributed by atoms with van der Waals surface area (Å²) in [5.41, 5.74) is 7.01. The second-order valence-electron chi connectivity index (χ2n) is 7.26. The third-order valence-electron chi connectivity index (χ3n) is 4.74. The van der Waals surface area contributed by atoms with E-state index in [4.69, 9.17) is 5.73 Å². The van der Waals surface area contributed by atoms with E-state index in [1.54, 1.807) is 16.2 Å². The van der Waals surface area contributed by atoms with Crippen LogP contribution < -0.4 is 11.1 Å². The van der Waals surface area contributed by atoms with Crippen molar-refractivity contribution in [1.29, 1.82) is 0 Å². The maximum absolute atomic E-state index is 12.7. The fourth-order valence-corrected chi connectivity index (χ4v) is 5.45. The summed E-state index contributed by atoms with van der Waals surface area (Å²) in [5, 5.41) is 5.30. The Bertz CT molecular complexity index is 872. The molecule has 0 aromatic carbocycles. The van der Waals surface area contributed by atoms with Gasteiger partial charge in [0, 0.05) is 15.7 Å². The van der Waals surface area contributed by atoms with Crippen LogP contribution in [-0.2, 0) is 29.0 Å². The van der Waals surface area contributed by atoms with E-state index in [2.05, 4.69) is 5.32 Å². The van der Waals surface area contributed by atoms with Crippen molar-refractivity contribution in [1.82, 2.24) is 4.90 Å². The van der Waals surface area contributed by atoms with Crippen LogP contribution in [0.3, 0.4) is 0 Å². The van der Waals surface area contributed by atoms with Crippen molar-refractivity contribution in [3.05, 3.63) is 38.4 Å². The average molecular weight is 420 g/mol. The molecule has 2 heterocycles. The van der Waals surface area contributed by atoms with E-state index >= 15 is 0 Å². The molecule has 28 heavy (non-hydrogen) atoms. The lowest BCUT2D eigenvalue weighted by Gasteiger charge is -2.23. The molecule has 0 unspecified atom stereocenters. The smallest absolute Gasteiger partial charge is 0.251 e. The van der Waals surface area contributed by atoms with Crippen molar-refractivity contribution in [2.75, 3.05) is 11.9 Å². The summed E-state index contributed by atoms with van der Waals surface area (Å²) in [7, 11) is 0. The number of anilines is 1. The molecule has 0 saturated carbocycles. The summed E-state index contributed by atoms with van der Waals surface area (Å²) in [6, 6.07) is 3.87. The van der Waals surface area contributed by atoms with Crippen molar-refractivity contribution in [2.45, 2.75) is 46.1 Å². The van der Waals surface area contributed by atoms with Gasteiger partial charge in [-0.15, -0.1) is 22.7 Å². The summed E-state index contributed by atoms with van der Waals surface area (Å²) >= 11 is 2.98. The second kappa shape index (κ2) is 8.87. The fourth-order valence-electron chi connectivity index (χ4n) is 3.42. The molecule has 2 aromatic rings. The highest BCUT2D eigenvalue weighted by Crippen LogP contribution is 2.37. The maximum atomic E-state index is 12.7. The highest BCUT2D eigenvalue weighted by atomic mass is 32.1. The van der Waals surface area contributed by atoms with E-state index in [-0.39, 0.29) is 24.3 Å². The van der Waals surface area contributed by atoms with Gasteiger partial charge < -0.3 is 16.0 Å². The van der Waals surface area contributed by atoms with Crippen LogP contribution in [0.1, 0.15) is 52.4 Å². The quantitative estimate of drug-likeness (QED) is 0.720. The van der Waals surface area contributed by atoms with Crippen molar-refractivity contribution >= 4 is 45.4 Å². The van der Waals surface area contributed by atoms with E-state index in [9.17, 15) is 14.4 Å². The summed E-state index contributed by atoms with van der Waals surface area (Å²) < 4.78 is 0. The Morgan fingerprint density at radius 1 is 1.25 bits per heavy atom. The Labute approximate surface area is 172 Å². The largest absolute Gasteiger partial charge is 0.365 e. The minimum absolute atomic E-state index is 0.0598. The number of amides is 3. The first-order valence-electron chi connectivity index (χ1n) is 9.42. The number of carbonyl (C=O) groups excluding carboxylic acids is 3. The topological polar surface area (TPSA) is 92.5 Å². The Morgan fingerprint density at radius 3 is 2.64 bits per heavy atom. The number of fused-ring (bicyclic) bond motifs is 1. The molecule has 8 heteroatoms. The van der Waals surface area contributed by atoms with Crippen molar-refractivity contribution in [3.63, 3.8) is 0 Å². The molecule has 0 atom stereocenters. The van der Waals surface area contributed by atoms with Crippen LogP contribution in [0.5, 0.6) is 0 Å². The zero-order chi connectivity index (χ0) is 20.3. The third kappa shape index (κ3) is 4.62. The van der Waals surface area contributed by atoms with Gasteiger partial charge in [-0.2, -0.15) is 0 Å². The highest BCUT2D eigenvalue weighted by molar-refractivity contribution is 7.17. The van der Waals surface area contributed by atoms with E-state index in [0.717, 1.165) is 41.0 Å². The Hall–Kier alpha value is -2.19. The molecule has 2 aromatic heterocycles. The van der Waals surface area contributed by atoms with Gasteiger partial charge in [0.15, 0.2) is 0 Å². The van der Waals surface area contributed by atoms with Gasteiger partial charge in [0.1, 0.15) is 11.5 Å². The Morgan fingerprint density at radius 2 is 2.00 bits per heavy atom. The molecule has 0 spiro atoms. The fraction of sp³-hybridized carbons (Fsp3) is 0.450. The van der Waals surface area contributed by atoms with Crippen LogP contribution in [-0.4, -0.2) is 29.2 Å². The molecule has 0 saturated heterocycles. The molecule has 0 bridgehead atoms. The SMILES string of the molecule is CC(C)C(=O)N(CC(=O)Nc1sc2c(c1C(N)=O)CCCC2)Cc1cccs1. The second-order valence-corrected chi connectivity index (χ2v) is 9.39. The van der Waals surface area contributed by atoms with Crippen LogP contribution in [0.15, 0.2) is 17.5 Å². The molecule has 0 radical (unpaired) electrons. The highest BCUT2D eigenvalue weighted by Gasteiger charge is 2.26. The molecule has 3 N–H and O–H groups in total. The zero-order valence-electron chi connectivity index (χ0n) is 16.1. The average Bonchev–Trinajstić information content (AvgIpc) is 3.27. The van der Waals surface area contributed by atoms with Crippen molar-refractivity contribution in [2.24, 2.45) is 11.7 Å². The van der Waals surface area contributed by atoms with E-state index < -0.39 is 5.91 Å². The lowest BCUT2D eigenvalue weighted by atomic mass is 9.95. The van der Waals surface area contributed by atoms with Gasteiger partial charge >= 0.3 is 0 Å². The van der Waals surface area contributed by atoms with Gasteiger partial charge in [0.2, 0.25) is 11.8 Å². The number of nitrogens with one attached hydrogen (secondary N) is 1. The lowest BCUT2D eigenvalue weighted by Crippen LogP contribution is -2.39. The molecular formula is C20H25N3O3S2. The van der Waals surface area contributed by atoms with Crippen LogP contribution in [0.25, 0.3) is 0 Å². The van der Waals surface area contributed by atoms with Gasteiger partial charge in [-0.3, -0.25) is 14.4 Å². The predicted molar refractivity (Wildman–Crippen MR) is 113 cm³/mol. The molecule has 0 fully saturated rings. The number of thiophene rings is 2. The van der Waals surface area contributed by atoms with Gasteiger partial charge in [0.05, 0.1) is 12.1 Å². The van der Waals surface area contributed by atoms with Crippen molar-refractivity contribution in [3.8, 4) is 0 Å². The number of hydrogen-bond donors (Lipinski definition) is 2. The predicted octanol–water partition coefficient (Wildman–Crippen LogP) is 3.41. The van der Waals surface area contributed by atoms with Crippen molar-refractivity contribution < 1.29 is 14.4 Å². The van der Waals surface area contributed by atoms with Crippen LogP contribution in [0.4, 0.5) is 5.00 Å². The molecular weight excluding hydrogens is 394 g/mol. The van der Waals surface area contributed by atoms with E-state index in [1.165, 1.54) is 11.3 Å². The Balaban J connectivity index is 1.76. The number of aryl methyl sites for hydroxylation is 1. The van der Waals surface area contributed by atoms with Gasteiger partial charge in [-0.1, -0.05) is 19.9 Å². The van der Waals surface area contributed by atoms with Crippen LogP contribution in [0.2, 0.25) is 0 Å². The summed E-state index contributed by atoms with van der Waals surface area (Å²) in [4.78, 5) is 41.0. The van der Waals surface area contributed by atoms with E-state index in [1.807, 2.05) is 31.4 Å². The molecule has 0 aliphatic heterocycles. The summed E-state index contributed by atoms with van der Waals surface area (Å²) in [5.74, 6) is -1.11. The maximum Gasteiger partial charge on any atom is 0.251 e. The number of nitrogens with two attached hydrogens (primary N) is 1. The van der Waals surface area contributed by atoms with Gasteiger partial charge in [-0.05, 0) is 42.7 Å². The van der Waals surface area contributed by atoms with Crippen LogP contribution >= 0.6 is 22.7 Å². The molecule has 150 valence electrons. The first-order valence-corrected chi connectivity index (χ1v) is 11.1. The zero-order valence-corrected chi connectivity index (χ0v) is 17.8. The van der Waals surface area contributed by atoms with Gasteiger partial charge in [0.25, 0.3) is 5.91 Å². The van der Waals surface area contributed by atoms with Crippen LogP contribution in [0, 0.1) is 5.92 Å². The molecule has 6 nitrogen and oxygen atoms in total. The Kier molecular flexibility index (Phi) is 6.51. The number of carbonyl (C=O) groups is 3. The number of rotatable bonds is 7. The molecule has 1 aliphatic rings. The molecule has 3 amide bonds. The number of primary amides is 1. The molecule has 1 aliphatic carbocycles. The minimum atomic E-state index is -0.511. The van der Waals surface area contributed by atoms with E-state index in [0.29, 0.717) is 17.1 Å². The molecule has 3 rings (SSSR count). The lowest BCUT2D eigenvalue weighted by molar-refractivity contribution is -0.138. The number of hydrogen-bond acceptors (Lipinski definition) is 5. The first-order chi connectivity index (χ1) is 13.4. The van der Waals surface area contributed by atoms with Gasteiger partial charge in [-0.25, -0.2) is 0 Å². The number of nitrogens with zero attached hydrogens (tertiary/aromatic N) is 1. The third-order valence-corrected chi connectivity index (χ3v) is 6.81. The first kappa shape index (κ1) is 20.5. The summed E-state index contributed by atoms with van der Waals surface area (Å²) in [6.45, 7) is 3.97. The standard InChI is InChI=1S/C20H25N3O3S2/c1-12(2)20(26)23(10-13-6-5-9-27-13)11-16(24)22-19-17(18(21)25)14-7-3-4-8-15(14)28-19/h5-6,9,12H,3-4,7-8,10-11H2,1-2H3,(H2,21,25)(H,22,24).